The van der Waals surface area contributed by atoms with Crippen LogP contribution in [0.25, 0.3) is 11.4 Å². The van der Waals surface area contributed by atoms with Gasteiger partial charge in [0.15, 0.2) is 29.0 Å². The zero-order chi connectivity index (χ0) is 34.8. The van der Waals surface area contributed by atoms with Gasteiger partial charge in [-0.25, -0.2) is 18.9 Å². The Morgan fingerprint density at radius 2 is 1.96 bits per heavy atom. The Balaban J connectivity index is 1.43. The molecule has 3 aromatic heterocycles. The number of rotatable bonds is 12. The Morgan fingerprint density at radius 3 is 2.57 bits per heavy atom. The molecule has 1 saturated heterocycles. The molecule has 0 bridgehead atoms. The summed E-state index contributed by atoms with van der Waals surface area (Å²) in [7, 11) is -5.17. The molecule has 0 radical (unpaired) electrons. The van der Waals surface area contributed by atoms with Crippen molar-refractivity contribution in [2.45, 2.75) is 38.1 Å². The Hall–Kier alpha value is -5.75. The third kappa shape index (κ3) is 7.56. The molecule has 0 aromatic carbocycles. The number of aliphatic carboxylic acids is 1. The maximum Gasteiger partial charge on any atom is 0.407 e. The van der Waals surface area contributed by atoms with Crippen LogP contribution in [0.1, 0.15) is 25.3 Å². The van der Waals surface area contributed by atoms with Crippen LogP contribution in [0.15, 0.2) is 38.2 Å². The number of carboxylic acid groups (broad SMARTS) is 1. The highest BCUT2D eigenvalue weighted by Gasteiger charge is 2.54. The zero-order valence-electron chi connectivity index (χ0n) is 23.9. The highest BCUT2D eigenvalue weighted by Crippen LogP contribution is 2.24. The number of oxime groups is 1. The van der Waals surface area contributed by atoms with Gasteiger partial charge in [0.1, 0.15) is 23.1 Å². The van der Waals surface area contributed by atoms with E-state index in [2.05, 4.69) is 25.9 Å². The number of aromatic nitrogens is 3. The lowest BCUT2D eigenvalue weighted by atomic mass is 9.98. The highest BCUT2D eigenvalue weighted by atomic mass is 32.2. The Labute approximate surface area is 265 Å². The number of carbonyl (C=O) groups excluding carboxylic acids is 3. The Bertz CT molecular complexity index is 1930. The molecule has 24 heteroatoms. The number of amides is 3. The van der Waals surface area contributed by atoms with Gasteiger partial charge in [0.2, 0.25) is 11.0 Å². The lowest BCUT2D eigenvalue weighted by Crippen LogP contribution is -2.74. The number of anilines is 1. The molecule has 252 valence electrons. The third-order valence-corrected chi connectivity index (χ3v) is 7.82. The van der Waals surface area contributed by atoms with Gasteiger partial charge >= 0.3 is 22.4 Å². The number of nitrogens with one attached hydrogen (secondary N) is 2. The summed E-state index contributed by atoms with van der Waals surface area (Å²) in [5, 5.41) is 41.3. The summed E-state index contributed by atoms with van der Waals surface area (Å²) in [4.78, 5) is 70.1. The van der Waals surface area contributed by atoms with Gasteiger partial charge in [-0.1, -0.05) is 10.3 Å². The number of carbonyl (C=O) groups is 4. The second kappa shape index (κ2) is 12.9. The van der Waals surface area contributed by atoms with E-state index in [1.807, 2.05) is 0 Å². The SMILES string of the molecule is CC(C)(ON=C(C(=O)N[C@@H]1C(=O)N(S(=O)(=O)O)[C@@H]1CNC(=O)OCc1cc(-c2cc(=O)c(O)cn2O)no1)c1csc(N)n1)C(=O)O. The Morgan fingerprint density at radius 1 is 1.26 bits per heavy atom. The molecule has 47 heavy (non-hydrogen) atoms. The Kier molecular flexibility index (Phi) is 9.39. The number of hydrogen-bond donors (Lipinski definition) is 7. The summed E-state index contributed by atoms with van der Waals surface area (Å²) < 4.78 is 43.6. The average Bonchev–Trinajstić information content (AvgIpc) is 3.62. The third-order valence-electron chi connectivity index (χ3n) is 6.20. The number of pyridine rings is 1. The van der Waals surface area contributed by atoms with Gasteiger partial charge in [0, 0.05) is 24.1 Å². The van der Waals surface area contributed by atoms with Crippen LogP contribution in [0.2, 0.25) is 0 Å². The van der Waals surface area contributed by atoms with Crippen LogP contribution in [0.4, 0.5) is 9.93 Å². The largest absolute Gasteiger partial charge is 0.503 e. The van der Waals surface area contributed by atoms with E-state index in [-0.39, 0.29) is 32.3 Å². The minimum atomic E-state index is -5.17. The van der Waals surface area contributed by atoms with Gasteiger partial charge in [0.05, 0.1) is 12.2 Å². The van der Waals surface area contributed by atoms with Gasteiger partial charge in [-0.15, -0.1) is 11.3 Å². The topological polar surface area (TPSA) is 328 Å². The first kappa shape index (κ1) is 34.1. The molecule has 0 unspecified atom stereocenters. The monoisotopic (exact) mass is 700 g/mol. The summed E-state index contributed by atoms with van der Waals surface area (Å²) in [5.41, 5.74) is 1.84. The molecule has 0 spiro atoms. The lowest BCUT2D eigenvalue weighted by Gasteiger charge is -2.44. The van der Waals surface area contributed by atoms with Crippen molar-refractivity contribution in [3.05, 3.63) is 45.4 Å². The van der Waals surface area contributed by atoms with E-state index in [4.69, 9.17) is 19.8 Å². The minimum absolute atomic E-state index is 0.00525. The average molecular weight is 701 g/mol. The van der Waals surface area contributed by atoms with E-state index in [9.17, 15) is 52.4 Å². The summed E-state index contributed by atoms with van der Waals surface area (Å²) in [6.45, 7) is 1.00. The van der Waals surface area contributed by atoms with Crippen LogP contribution in [0.3, 0.4) is 0 Å². The van der Waals surface area contributed by atoms with E-state index in [0.29, 0.717) is 4.73 Å². The van der Waals surface area contributed by atoms with Crippen LogP contribution >= 0.6 is 11.3 Å². The molecule has 8 N–H and O–H groups in total. The maximum absolute atomic E-state index is 13.1. The molecule has 0 aliphatic carbocycles. The number of β-lactam (4-membered cyclic amide) rings is 1. The van der Waals surface area contributed by atoms with E-state index < -0.39 is 81.9 Å². The van der Waals surface area contributed by atoms with Crippen molar-refractivity contribution < 1.29 is 61.7 Å². The van der Waals surface area contributed by atoms with Crippen LogP contribution in [-0.4, -0.2) is 101 Å². The second-order valence-corrected chi connectivity index (χ2v) is 12.1. The molecule has 4 heterocycles. The van der Waals surface area contributed by atoms with E-state index in [0.717, 1.165) is 37.4 Å². The van der Waals surface area contributed by atoms with Crippen molar-refractivity contribution in [2.24, 2.45) is 5.16 Å². The van der Waals surface area contributed by atoms with Gasteiger partial charge in [-0.3, -0.25) is 18.9 Å². The number of aromatic hydroxyl groups is 1. The molecule has 1 aliphatic rings. The molecule has 3 amide bonds. The summed E-state index contributed by atoms with van der Waals surface area (Å²) >= 11 is 0.890. The number of hydrogen-bond acceptors (Lipinski definition) is 17. The number of nitrogen functional groups attached to an aromatic ring is 1. The molecule has 1 fully saturated rings. The quantitative estimate of drug-likeness (QED) is 0.0371. The number of nitrogens with zero attached hydrogens (tertiary/aromatic N) is 5. The fraction of sp³-hybridized carbons (Fsp3) is 0.304. The summed E-state index contributed by atoms with van der Waals surface area (Å²) in [6.07, 6.45) is -0.459. The molecule has 4 rings (SSSR count). The number of alkyl carbamates (subject to hydrolysis) is 1. The lowest BCUT2D eigenvalue weighted by molar-refractivity contribution is -0.161. The first-order valence-electron chi connectivity index (χ1n) is 12.7. The number of thiazole rings is 1. The number of ether oxygens (including phenoxy) is 1. The number of carboxylic acids is 1. The number of nitrogens with two attached hydrogens (primary N) is 1. The van der Waals surface area contributed by atoms with Gasteiger partial charge in [-0.2, -0.15) is 13.1 Å². The van der Waals surface area contributed by atoms with Crippen LogP contribution in [-0.2, 0) is 40.9 Å². The van der Waals surface area contributed by atoms with Gasteiger partial charge in [-0.05, 0) is 13.8 Å². The highest BCUT2D eigenvalue weighted by molar-refractivity contribution is 7.84. The predicted octanol–water partition coefficient (Wildman–Crippen LogP) is -1.51. The molecule has 1 aliphatic heterocycles. The first-order valence-corrected chi connectivity index (χ1v) is 15.0. The van der Waals surface area contributed by atoms with Crippen LogP contribution in [0, 0.1) is 0 Å². The standard InChI is InChI=1S/C23H24N8O14S2/c1-23(2,20(36)37)45-29-16(11-8-46-21(24)26-11)18(34)27-17-13(31(19(17)35)47(40,41)42)5-25-22(38)43-7-9-3-10(28-44-9)12-4-14(32)15(33)6-30(12)39/h3-4,6,8,13,17,33,39H,5,7H2,1-2H3,(H2,24,26)(H,25,38)(H,27,34)(H,36,37)(H,40,41,42)/t13-,17+/m1/s1. The van der Waals surface area contributed by atoms with Crippen molar-refractivity contribution in [3.63, 3.8) is 0 Å². The molecular formula is C23H24N8O14S2. The van der Waals surface area contributed by atoms with Crippen LogP contribution in [0.5, 0.6) is 5.75 Å². The normalized spacial score (nSPS) is 16.7. The second-order valence-electron chi connectivity index (χ2n) is 9.94. The van der Waals surface area contributed by atoms with Crippen molar-refractivity contribution in [1.29, 1.82) is 0 Å². The summed E-state index contributed by atoms with van der Waals surface area (Å²) in [6, 6.07) is -1.19. The van der Waals surface area contributed by atoms with Gasteiger partial charge < -0.3 is 45.9 Å². The minimum Gasteiger partial charge on any atom is -0.503 e. The van der Waals surface area contributed by atoms with Crippen LogP contribution < -0.4 is 21.8 Å². The fourth-order valence-corrected chi connectivity index (χ4v) is 5.18. The van der Waals surface area contributed by atoms with Crippen molar-refractivity contribution in [2.75, 3.05) is 12.3 Å². The van der Waals surface area contributed by atoms with Crippen molar-refractivity contribution >= 4 is 56.4 Å². The smallest absolute Gasteiger partial charge is 0.407 e. The molecular weight excluding hydrogens is 676 g/mol. The first-order chi connectivity index (χ1) is 21.9. The van der Waals surface area contributed by atoms with E-state index in [1.165, 1.54) is 11.4 Å². The van der Waals surface area contributed by atoms with E-state index in [1.54, 1.807) is 0 Å². The maximum atomic E-state index is 13.1. The summed E-state index contributed by atoms with van der Waals surface area (Å²) in [5.74, 6) is -4.72. The van der Waals surface area contributed by atoms with Crippen molar-refractivity contribution in [1.82, 2.24) is 29.8 Å². The van der Waals surface area contributed by atoms with Crippen molar-refractivity contribution in [3.8, 4) is 17.1 Å². The van der Waals surface area contributed by atoms with Gasteiger partial charge in [0.25, 0.3) is 11.8 Å². The zero-order valence-corrected chi connectivity index (χ0v) is 25.5. The molecule has 0 saturated carbocycles. The molecule has 22 nitrogen and oxygen atoms in total. The molecule has 2 atom stereocenters. The predicted molar refractivity (Wildman–Crippen MR) is 153 cm³/mol. The molecule has 3 aromatic rings. The van der Waals surface area contributed by atoms with E-state index >= 15 is 0 Å². The fourth-order valence-electron chi connectivity index (χ4n) is 3.75.